The number of anilines is 2. The van der Waals surface area contributed by atoms with Crippen molar-refractivity contribution in [1.82, 2.24) is 9.78 Å². The summed E-state index contributed by atoms with van der Waals surface area (Å²) in [6, 6.07) is 23.2. The van der Waals surface area contributed by atoms with E-state index in [9.17, 15) is 0 Å². The van der Waals surface area contributed by atoms with Gasteiger partial charge in [-0.25, -0.2) is 4.68 Å². The van der Waals surface area contributed by atoms with Crippen molar-refractivity contribution in [2.45, 2.75) is 0 Å². The highest BCUT2D eigenvalue weighted by Gasteiger charge is 2.12. The van der Waals surface area contributed by atoms with Gasteiger partial charge >= 0.3 is 0 Å². The fourth-order valence-electron chi connectivity index (χ4n) is 2.63. The van der Waals surface area contributed by atoms with Crippen molar-refractivity contribution in [3.8, 4) is 5.69 Å². The Balaban J connectivity index is 1.88. The molecule has 1 N–H and O–H groups in total. The van der Waals surface area contributed by atoms with Crippen LogP contribution in [0.2, 0.25) is 10.0 Å². The second kappa shape index (κ2) is 6.19. The molecule has 0 aliphatic carbocycles. The Hall–Kier alpha value is -2.49. The Morgan fingerprint density at radius 1 is 0.792 bits per heavy atom. The molecule has 0 saturated heterocycles. The fourth-order valence-corrected chi connectivity index (χ4v) is 2.94. The summed E-state index contributed by atoms with van der Waals surface area (Å²) in [6.07, 6.45) is 0. The molecule has 1 heterocycles. The number of fused-ring (bicyclic) bond motifs is 1. The first-order chi connectivity index (χ1) is 11.7. The van der Waals surface area contributed by atoms with Gasteiger partial charge in [0.1, 0.15) is 5.82 Å². The van der Waals surface area contributed by atoms with Gasteiger partial charge in [0, 0.05) is 21.1 Å². The summed E-state index contributed by atoms with van der Waals surface area (Å²) in [5, 5.41) is 10.6. The Kier molecular flexibility index (Phi) is 3.89. The van der Waals surface area contributed by atoms with Crippen LogP contribution in [0.3, 0.4) is 0 Å². The molecule has 0 atom stereocenters. The number of nitrogens with zero attached hydrogens (tertiary/aromatic N) is 2. The molecule has 0 fully saturated rings. The van der Waals surface area contributed by atoms with Crippen molar-refractivity contribution in [2.24, 2.45) is 0 Å². The van der Waals surface area contributed by atoms with Gasteiger partial charge in [0.05, 0.1) is 11.2 Å². The molecule has 0 aliphatic rings. The van der Waals surface area contributed by atoms with E-state index in [1.807, 2.05) is 77.5 Å². The van der Waals surface area contributed by atoms with Crippen molar-refractivity contribution in [3.05, 3.63) is 82.8 Å². The summed E-state index contributed by atoms with van der Waals surface area (Å²) >= 11 is 12.1. The molecular weight excluding hydrogens is 341 g/mol. The quantitative estimate of drug-likeness (QED) is 0.483. The maximum absolute atomic E-state index is 6.10. The zero-order chi connectivity index (χ0) is 16.5. The molecule has 24 heavy (non-hydrogen) atoms. The summed E-state index contributed by atoms with van der Waals surface area (Å²) in [6.45, 7) is 0. The number of nitrogens with one attached hydrogen (secondary N) is 1. The highest BCUT2D eigenvalue weighted by molar-refractivity contribution is 6.31. The number of hydrogen-bond acceptors (Lipinski definition) is 2. The van der Waals surface area contributed by atoms with Gasteiger partial charge in [-0.05, 0) is 54.6 Å². The van der Waals surface area contributed by atoms with Gasteiger partial charge in [-0.15, -0.1) is 0 Å². The third-order valence-corrected chi connectivity index (χ3v) is 4.22. The molecule has 0 saturated carbocycles. The molecular formula is C19H13Cl2N3. The Morgan fingerprint density at radius 2 is 1.58 bits per heavy atom. The van der Waals surface area contributed by atoms with Gasteiger partial charge < -0.3 is 5.32 Å². The summed E-state index contributed by atoms with van der Waals surface area (Å²) in [4.78, 5) is 0. The summed E-state index contributed by atoms with van der Waals surface area (Å²) in [5.41, 5.74) is 2.75. The highest BCUT2D eigenvalue weighted by Crippen LogP contribution is 2.30. The Morgan fingerprint density at radius 3 is 2.38 bits per heavy atom. The molecule has 0 radical (unpaired) electrons. The van der Waals surface area contributed by atoms with Crippen molar-refractivity contribution >= 4 is 45.6 Å². The second-order valence-corrected chi connectivity index (χ2v) is 6.26. The maximum Gasteiger partial charge on any atom is 0.142 e. The third kappa shape index (κ3) is 2.84. The normalized spacial score (nSPS) is 10.9. The monoisotopic (exact) mass is 353 g/mol. The van der Waals surface area contributed by atoms with E-state index in [1.165, 1.54) is 0 Å². The fraction of sp³-hybridized carbons (Fsp3) is 0. The lowest BCUT2D eigenvalue weighted by atomic mass is 10.2. The van der Waals surface area contributed by atoms with Crippen LogP contribution >= 0.6 is 23.2 Å². The number of benzene rings is 3. The predicted molar refractivity (Wildman–Crippen MR) is 101 cm³/mol. The molecule has 4 rings (SSSR count). The lowest BCUT2D eigenvalue weighted by molar-refractivity contribution is 0.904. The van der Waals surface area contributed by atoms with Crippen LogP contribution in [0.1, 0.15) is 0 Å². The maximum atomic E-state index is 6.10. The largest absolute Gasteiger partial charge is 0.340 e. The van der Waals surface area contributed by atoms with Gasteiger partial charge in [0.2, 0.25) is 0 Å². The first-order valence-electron chi connectivity index (χ1n) is 7.47. The smallest absolute Gasteiger partial charge is 0.142 e. The van der Waals surface area contributed by atoms with Crippen LogP contribution in [-0.2, 0) is 0 Å². The summed E-state index contributed by atoms with van der Waals surface area (Å²) in [7, 11) is 0. The van der Waals surface area contributed by atoms with Crippen LogP contribution in [0.5, 0.6) is 0 Å². The van der Waals surface area contributed by atoms with Gasteiger partial charge in [-0.1, -0.05) is 41.4 Å². The standard InChI is InChI=1S/C19H13Cl2N3/c20-13-8-10-16(11-9-13)24-19(17-6-1-2-7-18(17)23-24)22-15-5-3-4-14(21)12-15/h1-12,22H. The molecule has 0 spiro atoms. The second-order valence-electron chi connectivity index (χ2n) is 5.39. The molecule has 4 aromatic rings. The molecule has 0 amide bonds. The van der Waals surface area contributed by atoms with E-state index in [0.29, 0.717) is 10.0 Å². The average molecular weight is 354 g/mol. The first kappa shape index (κ1) is 15.1. The van der Waals surface area contributed by atoms with Crippen LogP contribution in [0.4, 0.5) is 11.5 Å². The van der Waals surface area contributed by atoms with E-state index < -0.39 is 0 Å². The first-order valence-corrected chi connectivity index (χ1v) is 8.22. The van der Waals surface area contributed by atoms with E-state index in [4.69, 9.17) is 28.3 Å². The van der Waals surface area contributed by atoms with E-state index in [1.54, 1.807) is 0 Å². The van der Waals surface area contributed by atoms with Gasteiger partial charge in [0.25, 0.3) is 0 Å². The van der Waals surface area contributed by atoms with Gasteiger partial charge in [-0.2, -0.15) is 5.10 Å². The van der Waals surface area contributed by atoms with Crippen molar-refractivity contribution in [2.75, 3.05) is 5.32 Å². The highest BCUT2D eigenvalue weighted by atomic mass is 35.5. The summed E-state index contributed by atoms with van der Waals surface area (Å²) < 4.78 is 1.88. The molecule has 118 valence electrons. The van der Waals surface area contributed by atoms with Crippen LogP contribution in [0, 0.1) is 0 Å². The predicted octanol–water partition coefficient (Wildman–Crippen LogP) is 6.08. The van der Waals surface area contributed by atoms with Crippen LogP contribution in [0.15, 0.2) is 72.8 Å². The molecule has 1 aromatic heterocycles. The topological polar surface area (TPSA) is 29.9 Å². The molecule has 0 bridgehead atoms. The average Bonchev–Trinajstić information content (AvgIpc) is 2.94. The van der Waals surface area contributed by atoms with Crippen LogP contribution < -0.4 is 5.32 Å². The van der Waals surface area contributed by atoms with Crippen LogP contribution in [0.25, 0.3) is 16.6 Å². The molecule has 3 aromatic carbocycles. The SMILES string of the molecule is Clc1ccc(-n2nc3ccccc3c2Nc2cccc(Cl)c2)cc1. The van der Waals surface area contributed by atoms with E-state index >= 15 is 0 Å². The zero-order valence-corrected chi connectivity index (χ0v) is 14.1. The van der Waals surface area contributed by atoms with E-state index in [-0.39, 0.29) is 0 Å². The lowest BCUT2D eigenvalue weighted by Crippen LogP contribution is -2.02. The molecule has 5 heteroatoms. The number of aromatic nitrogens is 2. The Labute approximate surface area is 149 Å². The summed E-state index contributed by atoms with van der Waals surface area (Å²) in [5.74, 6) is 0.884. The number of hydrogen-bond donors (Lipinski definition) is 1. The molecule has 3 nitrogen and oxygen atoms in total. The zero-order valence-electron chi connectivity index (χ0n) is 12.6. The minimum atomic E-state index is 0.682. The van der Waals surface area contributed by atoms with E-state index in [0.717, 1.165) is 28.1 Å². The number of halogens is 2. The minimum Gasteiger partial charge on any atom is -0.340 e. The van der Waals surface area contributed by atoms with Crippen molar-refractivity contribution in [1.29, 1.82) is 0 Å². The minimum absolute atomic E-state index is 0.682. The number of rotatable bonds is 3. The lowest BCUT2D eigenvalue weighted by Gasteiger charge is -2.11. The van der Waals surface area contributed by atoms with Gasteiger partial charge in [-0.3, -0.25) is 0 Å². The third-order valence-electron chi connectivity index (χ3n) is 3.74. The molecule has 0 aliphatic heterocycles. The van der Waals surface area contributed by atoms with Crippen molar-refractivity contribution in [3.63, 3.8) is 0 Å². The molecule has 0 unspecified atom stereocenters. The van der Waals surface area contributed by atoms with Crippen LogP contribution in [-0.4, -0.2) is 9.78 Å². The van der Waals surface area contributed by atoms with E-state index in [2.05, 4.69) is 5.32 Å². The Bertz CT molecular complexity index is 1010. The van der Waals surface area contributed by atoms with Gasteiger partial charge in [0.15, 0.2) is 0 Å². The van der Waals surface area contributed by atoms with Crippen molar-refractivity contribution < 1.29 is 0 Å².